The number of Topliss-reactive ketones (excluding diaryl/α,β-unsaturated/α-hetero) is 1. The zero-order valence-electron chi connectivity index (χ0n) is 24.7. The Morgan fingerprint density at radius 3 is 2.35 bits per heavy atom. The quantitative estimate of drug-likeness (QED) is 0.289. The highest BCUT2D eigenvalue weighted by molar-refractivity contribution is 6.06. The smallest absolute Gasteiger partial charge is 0.302 e. The third kappa shape index (κ3) is 6.48. The molecule has 2 aromatic rings. The van der Waals surface area contributed by atoms with Gasteiger partial charge in [0.25, 0.3) is 0 Å². The summed E-state index contributed by atoms with van der Waals surface area (Å²) >= 11 is 0. The first-order valence-corrected chi connectivity index (χ1v) is 13.4. The fourth-order valence-corrected chi connectivity index (χ4v) is 4.70. The summed E-state index contributed by atoms with van der Waals surface area (Å²) in [6, 6.07) is 5.25. The Balaban J connectivity index is 1.95. The van der Waals surface area contributed by atoms with Crippen LogP contribution in [0.4, 0.5) is 10.1 Å². The summed E-state index contributed by atoms with van der Waals surface area (Å²) in [6.45, 7) is 12.2. The summed E-state index contributed by atoms with van der Waals surface area (Å²) in [7, 11) is 3.42. The zero-order valence-corrected chi connectivity index (χ0v) is 24.7. The molecule has 1 N–H and O–H groups in total. The number of anilines is 1. The number of methoxy groups -OCH3 is 1. The second kappa shape index (κ2) is 12.6. The molecule has 1 aliphatic heterocycles. The van der Waals surface area contributed by atoms with E-state index in [9.17, 15) is 9.59 Å². The maximum atomic E-state index is 15.5. The number of rotatable bonds is 12. The molecule has 1 aliphatic rings. The Morgan fingerprint density at radius 1 is 1.10 bits per heavy atom. The summed E-state index contributed by atoms with van der Waals surface area (Å²) < 4.78 is 37.5. The molecule has 1 heterocycles. The Hall–Kier alpha value is -3.82. The Labute approximate surface area is 235 Å². The summed E-state index contributed by atoms with van der Waals surface area (Å²) in [5, 5.41) is 8.68. The van der Waals surface area contributed by atoms with Crippen molar-refractivity contribution in [3.05, 3.63) is 46.3 Å². The lowest BCUT2D eigenvalue weighted by Crippen LogP contribution is -2.31. The number of ether oxygens (including phenoxy) is 4. The Morgan fingerprint density at radius 2 is 1.77 bits per heavy atom. The first kappa shape index (κ1) is 30.7. The van der Waals surface area contributed by atoms with Gasteiger partial charge in [-0.2, -0.15) is 0 Å². The third-order valence-corrected chi connectivity index (χ3v) is 6.65. The van der Waals surface area contributed by atoms with E-state index in [0.717, 1.165) is 5.56 Å². The number of amidine groups is 1. The second-order valence-electron chi connectivity index (χ2n) is 10.6. The average Bonchev–Trinajstić information content (AvgIpc) is 3.19. The molecule has 40 heavy (non-hydrogen) atoms. The lowest BCUT2D eigenvalue weighted by Gasteiger charge is -2.29. The fourth-order valence-electron chi connectivity index (χ4n) is 4.70. The monoisotopic (exact) mass is 557 g/mol. The summed E-state index contributed by atoms with van der Waals surface area (Å²) in [5.41, 5.74) is 2.30. The van der Waals surface area contributed by atoms with Gasteiger partial charge in [-0.1, -0.05) is 20.8 Å². The molecular weight excluding hydrogens is 517 g/mol. The van der Waals surface area contributed by atoms with Crippen molar-refractivity contribution in [3.63, 3.8) is 0 Å². The number of likely N-dealkylation sites (N-methyl/N-ethyl adjacent to an activating group) is 1. The van der Waals surface area contributed by atoms with Crippen molar-refractivity contribution in [1.29, 1.82) is 5.41 Å². The normalized spacial score (nSPS) is 12.7. The van der Waals surface area contributed by atoms with Crippen molar-refractivity contribution in [2.45, 2.75) is 53.5 Å². The molecule has 0 amide bonds. The van der Waals surface area contributed by atoms with Crippen LogP contribution in [0.5, 0.6) is 17.2 Å². The van der Waals surface area contributed by atoms with E-state index in [1.54, 1.807) is 38.0 Å². The van der Waals surface area contributed by atoms with Gasteiger partial charge in [0.1, 0.15) is 18.2 Å². The van der Waals surface area contributed by atoms with Crippen molar-refractivity contribution in [2.24, 2.45) is 0 Å². The standard InChI is InChI=1S/C30H40FN3O6/c1-9-38-24-15-20-16-34(29(32)25(20)26(31)28(24)39-10-2)17-23(36)19-13-21(30(4,5)6)27(37-8)22(14-19)33(7)11-12-40-18(3)35/h13-15,32H,9-12,16-17H2,1-8H3. The van der Waals surface area contributed by atoms with E-state index in [1.807, 2.05) is 38.8 Å². The van der Waals surface area contributed by atoms with Gasteiger partial charge >= 0.3 is 5.97 Å². The van der Waals surface area contributed by atoms with Crippen LogP contribution >= 0.6 is 0 Å². The molecule has 10 heteroatoms. The molecule has 0 fully saturated rings. The molecule has 0 aliphatic carbocycles. The van der Waals surface area contributed by atoms with E-state index < -0.39 is 5.82 Å². The van der Waals surface area contributed by atoms with E-state index in [4.69, 9.17) is 24.4 Å². The molecule has 0 unspecified atom stereocenters. The number of carbonyl (C=O) groups excluding carboxylic acids is 2. The number of esters is 1. The number of benzene rings is 2. The van der Waals surface area contributed by atoms with Crippen molar-refractivity contribution >= 4 is 23.3 Å². The minimum absolute atomic E-state index is 0.0209. The predicted octanol–water partition coefficient (Wildman–Crippen LogP) is 4.95. The number of nitrogens with zero attached hydrogens (tertiary/aromatic N) is 2. The summed E-state index contributed by atoms with van der Waals surface area (Å²) in [5.74, 6) is -0.431. The number of hydrogen-bond donors (Lipinski definition) is 1. The average molecular weight is 558 g/mol. The van der Waals surface area contributed by atoms with Crippen molar-refractivity contribution in [1.82, 2.24) is 4.90 Å². The van der Waals surface area contributed by atoms with E-state index in [1.165, 1.54) is 6.92 Å². The highest BCUT2D eigenvalue weighted by Gasteiger charge is 2.34. The molecule has 0 saturated carbocycles. The van der Waals surface area contributed by atoms with E-state index in [-0.39, 0.29) is 66.4 Å². The molecular formula is C30H40FN3O6. The van der Waals surface area contributed by atoms with Crippen LogP contribution in [0.2, 0.25) is 0 Å². The van der Waals surface area contributed by atoms with Crippen LogP contribution in [-0.4, -0.2) is 69.6 Å². The third-order valence-electron chi connectivity index (χ3n) is 6.65. The number of nitrogens with one attached hydrogen (secondary N) is 1. The summed E-state index contributed by atoms with van der Waals surface area (Å²) in [6.07, 6.45) is 0. The first-order chi connectivity index (χ1) is 18.8. The van der Waals surface area contributed by atoms with Crippen molar-refractivity contribution < 1.29 is 32.9 Å². The number of ketones is 1. The van der Waals surface area contributed by atoms with Gasteiger partial charge in [0.15, 0.2) is 23.1 Å². The molecule has 0 aromatic heterocycles. The van der Waals surface area contributed by atoms with Crippen LogP contribution in [0.1, 0.15) is 68.6 Å². The highest BCUT2D eigenvalue weighted by Crippen LogP contribution is 2.41. The van der Waals surface area contributed by atoms with E-state index in [2.05, 4.69) is 0 Å². The largest absolute Gasteiger partial charge is 0.494 e. The number of fused-ring (bicyclic) bond motifs is 1. The number of carbonyl (C=O) groups is 2. The van der Waals surface area contributed by atoms with Crippen molar-refractivity contribution in [2.75, 3.05) is 52.0 Å². The number of halogens is 1. The maximum absolute atomic E-state index is 15.5. The van der Waals surface area contributed by atoms with Crippen LogP contribution in [0.25, 0.3) is 0 Å². The van der Waals surface area contributed by atoms with Crippen LogP contribution in [-0.2, 0) is 21.5 Å². The first-order valence-electron chi connectivity index (χ1n) is 13.4. The maximum Gasteiger partial charge on any atom is 0.302 e. The molecule has 2 aromatic carbocycles. The fraction of sp³-hybridized carbons (Fsp3) is 0.500. The topological polar surface area (TPSA) is 101 Å². The van der Waals surface area contributed by atoms with Crippen LogP contribution in [0.15, 0.2) is 18.2 Å². The van der Waals surface area contributed by atoms with Gasteiger partial charge in [0, 0.05) is 31.6 Å². The molecule has 0 bridgehead atoms. The molecule has 0 spiro atoms. The van der Waals surface area contributed by atoms with Gasteiger partial charge in [-0.25, -0.2) is 4.39 Å². The van der Waals surface area contributed by atoms with Crippen LogP contribution in [0.3, 0.4) is 0 Å². The lowest BCUT2D eigenvalue weighted by atomic mass is 9.84. The van der Waals surface area contributed by atoms with Gasteiger partial charge in [-0.15, -0.1) is 0 Å². The van der Waals surface area contributed by atoms with Gasteiger partial charge in [-0.05, 0) is 43.0 Å². The SMILES string of the molecule is CCOc1cc2c(c(F)c1OCC)C(=N)N(CC(=O)c1cc(N(C)CCOC(C)=O)c(OC)c(C(C)(C)C)c1)C2. The number of hydrogen-bond acceptors (Lipinski definition) is 8. The Bertz CT molecular complexity index is 1290. The van der Waals surface area contributed by atoms with E-state index >= 15 is 4.39 Å². The van der Waals surface area contributed by atoms with Gasteiger partial charge < -0.3 is 28.7 Å². The molecule has 0 radical (unpaired) electrons. The van der Waals surface area contributed by atoms with Gasteiger partial charge in [-0.3, -0.25) is 15.0 Å². The minimum atomic E-state index is -0.654. The molecule has 0 atom stereocenters. The van der Waals surface area contributed by atoms with Crippen molar-refractivity contribution in [3.8, 4) is 17.2 Å². The molecule has 9 nitrogen and oxygen atoms in total. The lowest BCUT2D eigenvalue weighted by molar-refractivity contribution is -0.140. The molecule has 0 saturated heterocycles. The second-order valence-corrected chi connectivity index (χ2v) is 10.6. The van der Waals surface area contributed by atoms with Crippen LogP contribution in [0, 0.1) is 11.2 Å². The van der Waals surface area contributed by atoms with Crippen LogP contribution < -0.4 is 19.1 Å². The predicted molar refractivity (Wildman–Crippen MR) is 152 cm³/mol. The summed E-state index contributed by atoms with van der Waals surface area (Å²) in [4.78, 5) is 28.3. The highest BCUT2D eigenvalue weighted by atomic mass is 19.1. The van der Waals surface area contributed by atoms with Gasteiger partial charge in [0.2, 0.25) is 0 Å². The van der Waals surface area contributed by atoms with Gasteiger partial charge in [0.05, 0.1) is 44.7 Å². The molecule has 218 valence electrons. The van der Waals surface area contributed by atoms with E-state index in [0.29, 0.717) is 35.7 Å². The Kier molecular flexibility index (Phi) is 9.65. The minimum Gasteiger partial charge on any atom is -0.494 e. The zero-order chi connectivity index (χ0) is 29.8. The molecule has 3 rings (SSSR count).